The number of nitrogens with one attached hydrogen (secondary N) is 4. The van der Waals surface area contributed by atoms with E-state index >= 15 is 0 Å². The highest BCUT2D eigenvalue weighted by atomic mass is 16.4. The third-order valence-electron chi connectivity index (χ3n) is 6.38. The van der Waals surface area contributed by atoms with E-state index in [4.69, 9.17) is 11.5 Å². The van der Waals surface area contributed by atoms with Crippen LogP contribution in [0.1, 0.15) is 45.6 Å². The number of H-pyrrole nitrogens is 1. The number of hydrogen-bond donors (Lipinski definition) is 8. The van der Waals surface area contributed by atoms with Gasteiger partial charge in [-0.3, -0.25) is 14.4 Å². The molecule has 5 atom stereocenters. The van der Waals surface area contributed by atoms with Crippen molar-refractivity contribution in [2.24, 2.45) is 17.4 Å². The van der Waals surface area contributed by atoms with Crippen molar-refractivity contribution in [2.75, 3.05) is 6.54 Å². The van der Waals surface area contributed by atoms with E-state index < -0.39 is 54.0 Å². The highest BCUT2D eigenvalue weighted by molar-refractivity contribution is 5.95. The smallest absolute Gasteiger partial charge is 0.326 e. The molecule has 0 aliphatic carbocycles. The minimum absolute atomic E-state index is 0.0305. The molecule has 1 aromatic heterocycles. The minimum Gasteiger partial charge on any atom is -0.480 e. The van der Waals surface area contributed by atoms with E-state index in [1.165, 1.54) is 6.92 Å². The lowest BCUT2D eigenvalue weighted by Gasteiger charge is -2.27. The maximum atomic E-state index is 13.3. The van der Waals surface area contributed by atoms with E-state index in [0.717, 1.165) is 16.5 Å². The molecule has 0 radical (unpaired) electrons. The Morgan fingerprint density at radius 2 is 1.61 bits per heavy atom. The molecule has 0 aliphatic heterocycles. The Balaban J connectivity index is 2.30. The van der Waals surface area contributed by atoms with Crippen molar-refractivity contribution in [3.8, 4) is 0 Å². The molecular weight excluding hydrogens is 492 g/mol. The first kappa shape index (κ1) is 30.7. The molecule has 0 aliphatic rings. The molecule has 0 spiro atoms. The fourth-order valence-corrected chi connectivity index (χ4v) is 3.97. The van der Waals surface area contributed by atoms with Crippen LogP contribution in [0.4, 0.5) is 0 Å². The molecule has 0 fully saturated rings. The van der Waals surface area contributed by atoms with Crippen LogP contribution in [0.15, 0.2) is 30.5 Å². The second kappa shape index (κ2) is 14.5. The van der Waals surface area contributed by atoms with E-state index in [1.54, 1.807) is 20.0 Å². The number of para-hydroxylation sites is 1. The summed E-state index contributed by atoms with van der Waals surface area (Å²) in [5.74, 6) is -3.55. The molecule has 210 valence electrons. The van der Waals surface area contributed by atoms with Gasteiger partial charge in [-0.1, -0.05) is 32.0 Å². The first-order valence-corrected chi connectivity index (χ1v) is 12.8. The van der Waals surface area contributed by atoms with Gasteiger partial charge >= 0.3 is 5.97 Å². The van der Waals surface area contributed by atoms with Crippen LogP contribution in [0.3, 0.4) is 0 Å². The Hall–Kier alpha value is -3.48. The van der Waals surface area contributed by atoms with Crippen LogP contribution in [0, 0.1) is 5.92 Å². The first-order valence-electron chi connectivity index (χ1n) is 12.8. The standard InChI is InChI=1S/C26H40N6O6/c1-14(2)21(28)24(35)32-22(15(3)33)25(36)31-20(12-16-13-29-18-9-5-4-8-17(16)18)23(34)30-19(26(37)38)10-6-7-11-27/h4-5,8-9,13-15,19-22,29,33H,6-7,10-12,27-28H2,1-3H3,(H,30,34)(H,31,36)(H,32,35)(H,37,38). The molecule has 1 aromatic carbocycles. The van der Waals surface area contributed by atoms with Crippen LogP contribution in [-0.2, 0) is 25.6 Å². The van der Waals surface area contributed by atoms with Gasteiger partial charge in [0.2, 0.25) is 17.7 Å². The molecule has 12 nitrogen and oxygen atoms in total. The summed E-state index contributed by atoms with van der Waals surface area (Å²) in [6.45, 7) is 5.22. The summed E-state index contributed by atoms with van der Waals surface area (Å²) < 4.78 is 0. The van der Waals surface area contributed by atoms with Gasteiger partial charge < -0.3 is 42.6 Å². The molecular formula is C26H40N6O6. The van der Waals surface area contributed by atoms with Gasteiger partial charge in [-0.25, -0.2) is 4.79 Å². The van der Waals surface area contributed by atoms with Gasteiger partial charge in [0.25, 0.3) is 0 Å². The molecule has 0 saturated carbocycles. The molecule has 2 aromatic rings. The lowest BCUT2D eigenvalue weighted by atomic mass is 10.0. The molecule has 3 amide bonds. The second-order valence-corrected chi connectivity index (χ2v) is 9.81. The van der Waals surface area contributed by atoms with Crippen molar-refractivity contribution in [3.63, 3.8) is 0 Å². The molecule has 38 heavy (non-hydrogen) atoms. The summed E-state index contributed by atoms with van der Waals surface area (Å²) >= 11 is 0. The topological polar surface area (TPSA) is 213 Å². The fraction of sp³-hybridized carbons (Fsp3) is 0.538. The summed E-state index contributed by atoms with van der Waals surface area (Å²) in [5.41, 5.74) is 12.9. The normalized spacial score (nSPS) is 15.3. The lowest BCUT2D eigenvalue weighted by Crippen LogP contribution is -2.60. The number of aromatic amines is 1. The number of hydrogen-bond acceptors (Lipinski definition) is 7. The zero-order chi connectivity index (χ0) is 28.4. The predicted octanol–water partition coefficient (Wildman–Crippen LogP) is -0.257. The summed E-state index contributed by atoms with van der Waals surface area (Å²) in [6.07, 6.45) is 1.72. The summed E-state index contributed by atoms with van der Waals surface area (Å²) in [4.78, 5) is 53.9. The number of nitrogens with two attached hydrogens (primary N) is 2. The number of rotatable bonds is 15. The van der Waals surface area contributed by atoms with Gasteiger partial charge in [0.15, 0.2) is 0 Å². The summed E-state index contributed by atoms with van der Waals surface area (Å²) in [7, 11) is 0. The molecule has 0 bridgehead atoms. The van der Waals surface area contributed by atoms with Crippen LogP contribution in [-0.4, -0.2) is 75.7 Å². The van der Waals surface area contributed by atoms with Crippen molar-refractivity contribution < 1.29 is 29.4 Å². The van der Waals surface area contributed by atoms with Crippen molar-refractivity contribution in [1.29, 1.82) is 0 Å². The molecule has 0 saturated heterocycles. The van der Waals surface area contributed by atoms with Gasteiger partial charge in [0, 0.05) is 23.5 Å². The van der Waals surface area contributed by atoms with Crippen molar-refractivity contribution in [2.45, 2.75) is 76.7 Å². The number of carboxylic acids is 1. The van der Waals surface area contributed by atoms with E-state index in [-0.39, 0.29) is 18.8 Å². The van der Waals surface area contributed by atoms with Crippen LogP contribution in [0.2, 0.25) is 0 Å². The monoisotopic (exact) mass is 532 g/mol. The second-order valence-electron chi connectivity index (χ2n) is 9.81. The highest BCUT2D eigenvalue weighted by Gasteiger charge is 2.33. The predicted molar refractivity (Wildman–Crippen MR) is 143 cm³/mol. The number of benzene rings is 1. The molecule has 12 heteroatoms. The van der Waals surface area contributed by atoms with E-state index in [9.17, 15) is 29.4 Å². The SMILES string of the molecule is CC(C)C(N)C(=O)NC(C(=O)NC(Cc1c[nH]c2ccccc12)C(=O)NC(CCCCN)C(=O)O)C(C)O. The maximum Gasteiger partial charge on any atom is 0.326 e. The molecule has 10 N–H and O–H groups in total. The quantitative estimate of drug-likeness (QED) is 0.143. The zero-order valence-electron chi connectivity index (χ0n) is 22.1. The molecule has 1 heterocycles. The van der Waals surface area contributed by atoms with Gasteiger partial charge in [-0.15, -0.1) is 0 Å². The third-order valence-corrected chi connectivity index (χ3v) is 6.38. The number of carbonyl (C=O) groups excluding carboxylic acids is 3. The highest BCUT2D eigenvalue weighted by Crippen LogP contribution is 2.19. The van der Waals surface area contributed by atoms with Gasteiger partial charge in [0.05, 0.1) is 12.1 Å². The first-order chi connectivity index (χ1) is 18.0. The third kappa shape index (κ3) is 8.54. The maximum absolute atomic E-state index is 13.3. The van der Waals surface area contributed by atoms with Gasteiger partial charge in [0.1, 0.15) is 18.1 Å². The van der Waals surface area contributed by atoms with Crippen molar-refractivity contribution in [3.05, 3.63) is 36.0 Å². The number of aliphatic hydroxyl groups is 1. The Morgan fingerprint density at radius 1 is 0.947 bits per heavy atom. The van der Waals surface area contributed by atoms with E-state index in [0.29, 0.717) is 19.4 Å². The number of fused-ring (bicyclic) bond motifs is 1. The number of aliphatic hydroxyl groups excluding tert-OH is 1. The summed E-state index contributed by atoms with van der Waals surface area (Å²) in [5, 5.41) is 28.2. The van der Waals surface area contributed by atoms with Crippen molar-refractivity contribution in [1.82, 2.24) is 20.9 Å². The zero-order valence-corrected chi connectivity index (χ0v) is 22.1. The Morgan fingerprint density at radius 3 is 2.21 bits per heavy atom. The van der Waals surface area contributed by atoms with E-state index in [2.05, 4.69) is 20.9 Å². The molecule has 5 unspecified atom stereocenters. The van der Waals surface area contributed by atoms with Crippen molar-refractivity contribution >= 4 is 34.6 Å². The lowest BCUT2D eigenvalue weighted by molar-refractivity contribution is -0.142. The van der Waals surface area contributed by atoms with Crippen LogP contribution < -0.4 is 27.4 Å². The number of carboxylic acid groups (broad SMARTS) is 1. The van der Waals surface area contributed by atoms with E-state index in [1.807, 2.05) is 24.3 Å². The van der Waals surface area contributed by atoms with Crippen LogP contribution in [0.25, 0.3) is 10.9 Å². The number of aliphatic carboxylic acids is 1. The number of unbranched alkanes of at least 4 members (excludes halogenated alkanes) is 1. The largest absolute Gasteiger partial charge is 0.480 e. The summed E-state index contributed by atoms with van der Waals surface area (Å²) in [6, 6.07) is 2.75. The van der Waals surface area contributed by atoms with Gasteiger partial charge in [-0.2, -0.15) is 0 Å². The minimum atomic E-state index is -1.38. The van der Waals surface area contributed by atoms with Crippen LogP contribution >= 0.6 is 0 Å². The Kier molecular flexibility index (Phi) is 11.7. The number of carbonyl (C=O) groups is 4. The fourth-order valence-electron chi connectivity index (χ4n) is 3.97. The molecule has 2 rings (SSSR count). The van der Waals surface area contributed by atoms with Gasteiger partial charge in [-0.05, 0) is 50.3 Å². The Labute approximate surface area is 221 Å². The average molecular weight is 533 g/mol. The Bertz CT molecular complexity index is 1100. The average Bonchev–Trinajstić information content (AvgIpc) is 3.27. The number of aromatic nitrogens is 1. The number of amides is 3. The van der Waals surface area contributed by atoms with Crippen LogP contribution in [0.5, 0.6) is 0 Å².